The average Bonchev–Trinajstić information content (AvgIpc) is 1.77. The van der Waals surface area contributed by atoms with Crippen molar-refractivity contribution >= 4 is 31.9 Å². The van der Waals surface area contributed by atoms with E-state index in [0.717, 1.165) is 6.42 Å². The summed E-state index contributed by atoms with van der Waals surface area (Å²) in [6.07, 6.45) is 7.43. The van der Waals surface area contributed by atoms with E-state index in [-0.39, 0.29) is 0 Å². The minimum absolute atomic E-state index is 0.545. The lowest BCUT2D eigenvalue weighted by Crippen LogP contribution is -1.92. The lowest BCUT2D eigenvalue weighted by Gasteiger charge is -2.04. The zero-order valence-electron chi connectivity index (χ0n) is 4.27. The zero-order valence-corrected chi connectivity index (χ0v) is 7.44. The molecule has 0 radical (unpaired) electrons. The molecule has 0 aromatic rings. The van der Waals surface area contributed by atoms with Gasteiger partial charge in [0.1, 0.15) is 0 Å². The van der Waals surface area contributed by atoms with Gasteiger partial charge >= 0.3 is 0 Å². The van der Waals surface area contributed by atoms with E-state index < -0.39 is 0 Å². The Morgan fingerprint density at radius 2 is 2.38 bits per heavy atom. The maximum absolute atomic E-state index is 3.46. The highest BCUT2D eigenvalue weighted by Gasteiger charge is 2.00. The van der Waals surface area contributed by atoms with Crippen LogP contribution in [0, 0.1) is 0 Å². The SMILES string of the molecule is BrC1=CCC(Br)C=C1. The standard InChI is InChI=1S/C6H6Br2/c7-5-1-2-6(8)4-3-5/h1-3,6H,4H2. The molecule has 2 heteroatoms. The molecule has 0 saturated heterocycles. The minimum atomic E-state index is 0.545. The van der Waals surface area contributed by atoms with E-state index >= 15 is 0 Å². The van der Waals surface area contributed by atoms with Crippen LogP contribution in [-0.2, 0) is 0 Å². The van der Waals surface area contributed by atoms with Crippen molar-refractivity contribution < 1.29 is 0 Å². The topological polar surface area (TPSA) is 0 Å². The normalized spacial score (nSPS) is 27.8. The highest BCUT2D eigenvalue weighted by Crippen LogP contribution is 2.19. The number of alkyl halides is 1. The summed E-state index contributed by atoms with van der Waals surface area (Å²) in [5, 5.41) is 0. The van der Waals surface area contributed by atoms with E-state index in [1.807, 2.05) is 0 Å². The number of hydrogen-bond donors (Lipinski definition) is 0. The Morgan fingerprint density at radius 1 is 1.62 bits per heavy atom. The molecule has 0 fully saturated rings. The molecule has 0 aliphatic heterocycles. The lowest BCUT2D eigenvalue weighted by atomic mass is 10.2. The molecule has 0 aromatic heterocycles. The molecule has 0 nitrogen and oxygen atoms in total. The van der Waals surface area contributed by atoms with E-state index in [4.69, 9.17) is 0 Å². The molecule has 0 N–H and O–H groups in total. The molecule has 0 heterocycles. The molecular formula is C6H6Br2. The third kappa shape index (κ3) is 1.75. The highest BCUT2D eigenvalue weighted by molar-refractivity contribution is 9.12. The van der Waals surface area contributed by atoms with Gasteiger partial charge < -0.3 is 0 Å². The second-order valence-corrected chi connectivity index (χ2v) is 3.79. The summed E-state index contributed by atoms with van der Waals surface area (Å²) in [7, 11) is 0. The smallest absolute Gasteiger partial charge is 0.0363 e. The fraction of sp³-hybridized carbons (Fsp3) is 0.333. The first-order valence-corrected chi connectivity index (χ1v) is 4.18. The van der Waals surface area contributed by atoms with Crippen molar-refractivity contribution in [2.24, 2.45) is 0 Å². The lowest BCUT2D eigenvalue weighted by molar-refractivity contribution is 1.07. The molecule has 0 spiro atoms. The summed E-state index contributed by atoms with van der Waals surface area (Å²) in [5.41, 5.74) is 0. The Hall–Kier alpha value is 0.440. The van der Waals surface area contributed by atoms with Crippen molar-refractivity contribution in [2.75, 3.05) is 0 Å². The van der Waals surface area contributed by atoms with Gasteiger partial charge in [0.25, 0.3) is 0 Å². The predicted molar refractivity (Wildman–Crippen MR) is 43.5 cm³/mol. The monoisotopic (exact) mass is 236 g/mol. The molecule has 0 amide bonds. The Labute approximate surface area is 65.9 Å². The Balaban J connectivity index is 2.58. The third-order valence-corrected chi connectivity index (χ3v) is 2.27. The van der Waals surface area contributed by atoms with Crippen molar-refractivity contribution in [2.45, 2.75) is 11.2 Å². The fourth-order valence-corrected chi connectivity index (χ4v) is 1.25. The van der Waals surface area contributed by atoms with Crippen molar-refractivity contribution in [3.63, 3.8) is 0 Å². The minimum Gasteiger partial charge on any atom is -0.0842 e. The highest BCUT2D eigenvalue weighted by atomic mass is 79.9. The summed E-state index contributed by atoms with van der Waals surface area (Å²) in [5.74, 6) is 0. The van der Waals surface area contributed by atoms with E-state index in [1.54, 1.807) is 0 Å². The second kappa shape index (κ2) is 2.83. The predicted octanol–water partition coefficient (Wildman–Crippen LogP) is 2.99. The van der Waals surface area contributed by atoms with E-state index in [0.29, 0.717) is 4.83 Å². The van der Waals surface area contributed by atoms with Gasteiger partial charge in [0.15, 0.2) is 0 Å². The van der Waals surface area contributed by atoms with Gasteiger partial charge in [-0.2, -0.15) is 0 Å². The molecule has 1 aliphatic rings. The quantitative estimate of drug-likeness (QED) is 0.569. The maximum atomic E-state index is 3.46. The molecule has 8 heavy (non-hydrogen) atoms. The van der Waals surface area contributed by atoms with E-state index in [9.17, 15) is 0 Å². The van der Waals surface area contributed by atoms with Crippen molar-refractivity contribution in [3.05, 3.63) is 22.7 Å². The van der Waals surface area contributed by atoms with Crippen LogP contribution in [0.2, 0.25) is 0 Å². The van der Waals surface area contributed by atoms with Crippen LogP contribution in [0.3, 0.4) is 0 Å². The molecule has 1 rings (SSSR count). The van der Waals surface area contributed by atoms with Gasteiger partial charge in [-0.25, -0.2) is 0 Å². The number of allylic oxidation sites excluding steroid dienone is 4. The molecule has 0 bridgehead atoms. The first-order valence-electron chi connectivity index (χ1n) is 2.47. The summed E-state index contributed by atoms with van der Waals surface area (Å²) in [4.78, 5) is 0.545. The average molecular weight is 238 g/mol. The van der Waals surface area contributed by atoms with Gasteiger partial charge in [-0.1, -0.05) is 50.1 Å². The molecular weight excluding hydrogens is 232 g/mol. The summed E-state index contributed by atoms with van der Waals surface area (Å²) in [6.45, 7) is 0. The van der Waals surface area contributed by atoms with Crippen LogP contribution in [-0.4, -0.2) is 4.83 Å². The van der Waals surface area contributed by atoms with Crippen molar-refractivity contribution in [3.8, 4) is 0 Å². The second-order valence-electron chi connectivity index (χ2n) is 1.70. The molecule has 1 atom stereocenters. The van der Waals surface area contributed by atoms with E-state index in [1.165, 1.54) is 4.48 Å². The molecule has 0 aromatic carbocycles. The Bertz CT molecular complexity index is 135. The van der Waals surface area contributed by atoms with Gasteiger partial charge in [-0.05, 0) is 6.42 Å². The Morgan fingerprint density at radius 3 is 2.75 bits per heavy atom. The van der Waals surface area contributed by atoms with Crippen LogP contribution >= 0.6 is 31.9 Å². The van der Waals surface area contributed by atoms with Crippen LogP contribution in [0.25, 0.3) is 0 Å². The molecule has 0 saturated carbocycles. The van der Waals surface area contributed by atoms with Gasteiger partial charge in [0, 0.05) is 9.31 Å². The van der Waals surface area contributed by atoms with Crippen LogP contribution in [0.4, 0.5) is 0 Å². The first-order chi connectivity index (χ1) is 3.79. The zero-order chi connectivity index (χ0) is 5.98. The molecule has 1 aliphatic carbocycles. The summed E-state index contributed by atoms with van der Waals surface area (Å²) < 4.78 is 1.19. The number of halogens is 2. The molecule has 44 valence electrons. The van der Waals surface area contributed by atoms with Gasteiger partial charge in [-0.15, -0.1) is 0 Å². The largest absolute Gasteiger partial charge is 0.0842 e. The summed E-state index contributed by atoms with van der Waals surface area (Å²) in [6, 6.07) is 0. The first kappa shape index (κ1) is 6.56. The maximum Gasteiger partial charge on any atom is 0.0363 e. The number of rotatable bonds is 0. The van der Waals surface area contributed by atoms with Crippen LogP contribution in [0.15, 0.2) is 22.7 Å². The van der Waals surface area contributed by atoms with Gasteiger partial charge in [-0.3, -0.25) is 0 Å². The fourth-order valence-electron chi connectivity index (χ4n) is 0.568. The van der Waals surface area contributed by atoms with Gasteiger partial charge in [0.2, 0.25) is 0 Å². The molecule has 1 unspecified atom stereocenters. The van der Waals surface area contributed by atoms with E-state index in [2.05, 4.69) is 50.1 Å². The van der Waals surface area contributed by atoms with Gasteiger partial charge in [0.05, 0.1) is 0 Å². The van der Waals surface area contributed by atoms with Crippen LogP contribution in [0.5, 0.6) is 0 Å². The van der Waals surface area contributed by atoms with Crippen molar-refractivity contribution in [1.82, 2.24) is 0 Å². The van der Waals surface area contributed by atoms with Crippen molar-refractivity contribution in [1.29, 1.82) is 0 Å². The van der Waals surface area contributed by atoms with Crippen LogP contribution in [0.1, 0.15) is 6.42 Å². The Kier molecular flexibility index (Phi) is 2.32. The van der Waals surface area contributed by atoms with Crippen LogP contribution < -0.4 is 0 Å². The third-order valence-electron chi connectivity index (χ3n) is 1.00. The summed E-state index contributed by atoms with van der Waals surface area (Å²) >= 11 is 6.83. The number of hydrogen-bond acceptors (Lipinski definition) is 0.